The first-order valence-corrected chi connectivity index (χ1v) is 9.38. The summed E-state index contributed by atoms with van der Waals surface area (Å²) in [6, 6.07) is 12.9. The van der Waals surface area contributed by atoms with E-state index < -0.39 is 0 Å². The quantitative estimate of drug-likeness (QED) is 0.555. The largest absolute Gasteiger partial charge is 0.354 e. The smallest absolute Gasteiger partial charge is 0.266 e. The van der Waals surface area contributed by atoms with E-state index in [0.717, 1.165) is 21.9 Å². The summed E-state index contributed by atoms with van der Waals surface area (Å²) in [6.07, 6.45) is 3.97. The molecule has 0 saturated heterocycles. The molecule has 4 aromatic rings. The Morgan fingerprint density at radius 2 is 2.00 bits per heavy atom. The van der Waals surface area contributed by atoms with Gasteiger partial charge in [0, 0.05) is 35.9 Å². The fourth-order valence-electron chi connectivity index (χ4n) is 2.76. The molecule has 0 unspecified atom stereocenters. The number of nitrogens with one attached hydrogen (secondary N) is 1. The second-order valence-corrected chi connectivity index (χ2v) is 6.87. The molecule has 0 spiro atoms. The van der Waals surface area contributed by atoms with Crippen LogP contribution in [0.1, 0.15) is 5.69 Å². The minimum Gasteiger partial charge on any atom is -0.354 e. The van der Waals surface area contributed by atoms with Crippen LogP contribution in [0.4, 0.5) is 0 Å². The fraction of sp³-hybridized carbons (Fsp3) is 0.158. The van der Waals surface area contributed by atoms with Gasteiger partial charge in [0.25, 0.3) is 5.56 Å². The maximum absolute atomic E-state index is 12.1. The Bertz CT molecular complexity index is 1100. The molecule has 136 valence electrons. The van der Waals surface area contributed by atoms with Gasteiger partial charge in [0.15, 0.2) is 4.96 Å². The van der Waals surface area contributed by atoms with Gasteiger partial charge in [-0.1, -0.05) is 30.3 Å². The lowest BCUT2D eigenvalue weighted by Crippen LogP contribution is -2.32. The van der Waals surface area contributed by atoms with Crippen LogP contribution < -0.4 is 10.9 Å². The SMILES string of the molecule is O=C(Cc1cn2ccsc2n1)NCCn1nc(-c2ccccc2)ccc1=O. The van der Waals surface area contributed by atoms with Crippen molar-refractivity contribution in [2.75, 3.05) is 6.54 Å². The Morgan fingerprint density at radius 1 is 1.15 bits per heavy atom. The van der Waals surface area contributed by atoms with E-state index in [9.17, 15) is 9.59 Å². The molecular weight excluding hydrogens is 362 g/mol. The van der Waals surface area contributed by atoms with Crippen LogP contribution in [0.15, 0.2) is 65.0 Å². The standard InChI is InChI=1S/C19H17N5O2S/c25-17(12-15-13-23-10-11-27-19(23)21-15)20-8-9-24-18(26)7-6-16(22-24)14-4-2-1-3-5-14/h1-7,10-11,13H,8-9,12H2,(H,20,25). The number of aromatic nitrogens is 4. The Kier molecular flexibility index (Phi) is 4.80. The first-order valence-electron chi connectivity index (χ1n) is 8.50. The van der Waals surface area contributed by atoms with Crippen molar-refractivity contribution in [3.8, 4) is 11.3 Å². The van der Waals surface area contributed by atoms with Gasteiger partial charge in [-0.05, 0) is 6.07 Å². The molecule has 7 nitrogen and oxygen atoms in total. The van der Waals surface area contributed by atoms with Gasteiger partial charge in [0.2, 0.25) is 5.91 Å². The number of fused-ring (bicyclic) bond motifs is 1. The minimum absolute atomic E-state index is 0.131. The van der Waals surface area contributed by atoms with Crippen molar-refractivity contribution in [2.24, 2.45) is 0 Å². The van der Waals surface area contributed by atoms with Gasteiger partial charge in [0.05, 0.1) is 24.4 Å². The van der Waals surface area contributed by atoms with E-state index in [0.29, 0.717) is 13.1 Å². The lowest BCUT2D eigenvalue weighted by Gasteiger charge is -2.08. The van der Waals surface area contributed by atoms with Crippen molar-refractivity contribution < 1.29 is 4.79 Å². The highest BCUT2D eigenvalue weighted by molar-refractivity contribution is 7.15. The fourth-order valence-corrected chi connectivity index (χ4v) is 3.48. The molecule has 27 heavy (non-hydrogen) atoms. The van der Waals surface area contributed by atoms with E-state index in [4.69, 9.17) is 0 Å². The zero-order valence-corrected chi connectivity index (χ0v) is 15.2. The van der Waals surface area contributed by atoms with E-state index in [2.05, 4.69) is 15.4 Å². The average Bonchev–Trinajstić information content (AvgIpc) is 3.25. The maximum Gasteiger partial charge on any atom is 0.266 e. The van der Waals surface area contributed by atoms with Crippen LogP contribution in [0.3, 0.4) is 0 Å². The van der Waals surface area contributed by atoms with E-state index >= 15 is 0 Å². The van der Waals surface area contributed by atoms with Crippen LogP contribution in [0.5, 0.6) is 0 Å². The van der Waals surface area contributed by atoms with E-state index in [1.165, 1.54) is 22.1 Å². The highest BCUT2D eigenvalue weighted by atomic mass is 32.1. The summed E-state index contributed by atoms with van der Waals surface area (Å²) < 4.78 is 3.26. The van der Waals surface area contributed by atoms with Crippen LogP contribution in [0, 0.1) is 0 Å². The van der Waals surface area contributed by atoms with Crippen molar-refractivity contribution in [2.45, 2.75) is 13.0 Å². The second-order valence-electron chi connectivity index (χ2n) is 6.00. The molecule has 0 fully saturated rings. The molecule has 8 heteroatoms. The number of hydrogen-bond donors (Lipinski definition) is 1. The normalized spacial score (nSPS) is 11.0. The Labute approximate surface area is 158 Å². The number of amides is 1. The molecule has 3 heterocycles. The molecule has 0 aliphatic rings. The number of imidazole rings is 1. The molecular formula is C19H17N5O2S. The van der Waals surface area contributed by atoms with Crippen LogP contribution in [0.2, 0.25) is 0 Å². The predicted octanol–water partition coefficient (Wildman–Crippen LogP) is 1.98. The summed E-state index contributed by atoms with van der Waals surface area (Å²) in [7, 11) is 0. The maximum atomic E-state index is 12.1. The first kappa shape index (κ1) is 17.2. The average molecular weight is 379 g/mol. The van der Waals surface area contributed by atoms with Gasteiger partial charge < -0.3 is 5.32 Å². The Morgan fingerprint density at radius 3 is 2.81 bits per heavy atom. The minimum atomic E-state index is -0.196. The summed E-state index contributed by atoms with van der Waals surface area (Å²) in [5.74, 6) is -0.131. The van der Waals surface area contributed by atoms with Gasteiger partial charge >= 0.3 is 0 Å². The van der Waals surface area contributed by atoms with Gasteiger partial charge in [0.1, 0.15) is 0 Å². The highest BCUT2D eigenvalue weighted by Crippen LogP contribution is 2.14. The lowest BCUT2D eigenvalue weighted by atomic mass is 10.1. The Hall–Kier alpha value is -3.26. The number of carbonyl (C=O) groups is 1. The number of rotatable bonds is 6. The van der Waals surface area contributed by atoms with Crippen LogP contribution in [0.25, 0.3) is 16.2 Å². The van der Waals surface area contributed by atoms with Gasteiger partial charge in [-0.2, -0.15) is 5.10 Å². The molecule has 0 aliphatic heterocycles. The van der Waals surface area contributed by atoms with Gasteiger partial charge in [-0.15, -0.1) is 11.3 Å². The number of hydrogen-bond acceptors (Lipinski definition) is 5. The molecule has 3 aromatic heterocycles. The van der Waals surface area contributed by atoms with Gasteiger partial charge in [-0.25, -0.2) is 9.67 Å². The van der Waals surface area contributed by atoms with Crippen molar-refractivity contribution in [1.82, 2.24) is 24.5 Å². The van der Waals surface area contributed by atoms with Crippen LogP contribution in [-0.2, 0) is 17.8 Å². The van der Waals surface area contributed by atoms with Crippen molar-refractivity contribution in [1.29, 1.82) is 0 Å². The molecule has 1 amide bonds. The van der Waals surface area contributed by atoms with E-state index in [1.807, 2.05) is 52.5 Å². The Balaban J connectivity index is 1.36. The zero-order valence-electron chi connectivity index (χ0n) is 14.4. The molecule has 0 bridgehead atoms. The molecule has 1 aromatic carbocycles. The van der Waals surface area contributed by atoms with Crippen LogP contribution >= 0.6 is 11.3 Å². The second kappa shape index (κ2) is 7.55. The summed E-state index contributed by atoms with van der Waals surface area (Å²) in [5, 5.41) is 9.15. The molecule has 0 radical (unpaired) electrons. The van der Waals surface area contributed by atoms with Crippen LogP contribution in [-0.4, -0.2) is 31.6 Å². The summed E-state index contributed by atoms with van der Waals surface area (Å²) in [4.78, 5) is 29.4. The van der Waals surface area contributed by atoms with Crippen molar-refractivity contribution >= 4 is 22.2 Å². The third-order valence-corrected chi connectivity index (χ3v) is 4.84. The van der Waals surface area contributed by atoms with E-state index in [1.54, 1.807) is 6.07 Å². The summed E-state index contributed by atoms with van der Waals surface area (Å²) in [5.41, 5.74) is 2.19. The third-order valence-electron chi connectivity index (χ3n) is 4.07. The number of nitrogens with zero attached hydrogens (tertiary/aromatic N) is 4. The molecule has 1 N–H and O–H groups in total. The highest BCUT2D eigenvalue weighted by Gasteiger charge is 2.09. The molecule has 0 aliphatic carbocycles. The molecule has 0 saturated carbocycles. The number of benzene rings is 1. The summed E-state index contributed by atoms with van der Waals surface area (Å²) >= 11 is 1.53. The first-order chi connectivity index (χ1) is 13.2. The summed E-state index contributed by atoms with van der Waals surface area (Å²) in [6.45, 7) is 0.635. The monoisotopic (exact) mass is 379 g/mol. The van der Waals surface area contributed by atoms with Gasteiger partial charge in [-0.3, -0.25) is 14.0 Å². The molecule has 4 rings (SSSR count). The zero-order chi connectivity index (χ0) is 18.6. The van der Waals surface area contributed by atoms with Crippen molar-refractivity contribution in [3.63, 3.8) is 0 Å². The number of carbonyl (C=O) groups excluding carboxylic acids is 1. The van der Waals surface area contributed by atoms with Crippen molar-refractivity contribution in [3.05, 3.63) is 76.3 Å². The predicted molar refractivity (Wildman–Crippen MR) is 104 cm³/mol. The topological polar surface area (TPSA) is 81.3 Å². The molecule has 0 atom stereocenters. The third kappa shape index (κ3) is 3.95. The number of thiazole rings is 1. The lowest BCUT2D eigenvalue weighted by molar-refractivity contribution is -0.120. The van der Waals surface area contributed by atoms with E-state index in [-0.39, 0.29) is 17.9 Å².